The maximum atomic E-state index is 12.4. The van der Waals surface area contributed by atoms with Crippen molar-refractivity contribution in [1.82, 2.24) is 4.98 Å². The van der Waals surface area contributed by atoms with Crippen molar-refractivity contribution in [3.8, 4) is 34.3 Å². The fourth-order valence-electron chi connectivity index (χ4n) is 2.98. The summed E-state index contributed by atoms with van der Waals surface area (Å²) in [7, 11) is 6.42. The van der Waals surface area contributed by atoms with Crippen LogP contribution in [0.25, 0.3) is 11.3 Å². The molecule has 0 bridgehead atoms. The molecule has 8 heteroatoms. The van der Waals surface area contributed by atoms with E-state index < -0.39 is 0 Å². The van der Waals surface area contributed by atoms with Crippen LogP contribution in [0, 0.1) is 0 Å². The van der Waals surface area contributed by atoms with Crippen LogP contribution in [-0.4, -0.2) is 39.3 Å². The zero-order valence-corrected chi connectivity index (χ0v) is 18.2. The Labute approximate surface area is 179 Å². The highest BCUT2D eigenvalue weighted by atomic mass is 32.1. The minimum absolute atomic E-state index is 0.126. The number of methoxy groups -OCH3 is 4. The van der Waals surface area contributed by atoms with Gasteiger partial charge >= 0.3 is 0 Å². The normalized spacial score (nSPS) is 10.4. The minimum Gasteiger partial charge on any atom is -0.497 e. The molecule has 1 aromatic heterocycles. The average molecular weight is 429 g/mol. The Bertz CT molecular complexity index is 1020. The Morgan fingerprint density at radius 1 is 0.933 bits per heavy atom. The van der Waals surface area contributed by atoms with Crippen molar-refractivity contribution in [1.29, 1.82) is 0 Å². The molecule has 1 N–H and O–H groups in total. The van der Waals surface area contributed by atoms with E-state index in [9.17, 15) is 4.79 Å². The predicted octanol–water partition coefficient (Wildman–Crippen LogP) is 4.42. The summed E-state index contributed by atoms with van der Waals surface area (Å²) in [5, 5.41) is 5.26. The second-order valence-corrected chi connectivity index (χ2v) is 7.19. The highest BCUT2D eigenvalue weighted by Gasteiger charge is 2.14. The number of nitrogens with zero attached hydrogens (tertiary/aromatic N) is 1. The minimum atomic E-state index is -0.126. The van der Waals surface area contributed by atoms with E-state index in [2.05, 4.69) is 10.3 Å². The summed E-state index contributed by atoms with van der Waals surface area (Å²) in [6.07, 6.45) is 0.815. The highest BCUT2D eigenvalue weighted by Crippen LogP contribution is 2.35. The predicted molar refractivity (Wildman–Crippen MR) is 117 cm³/mol. The van der Waals surface area contributed by atoms with Crippen molar-refractivity contribution in [2.24, 2.45) is 0 Å². The third-order valence-electron chi connectivity index (χ3n) is 4.54. The molecule has 3 aromatic rings. The van der Waals surface area contributed by atoms with Crippen LogP contribution < -0.4 is 24.3 Å². The molecule has 0 saturated heterocycles. The number of hydrogen-bond acceptors (Lipinski definition) is 7. The number of hydrogen-bond donors (Lipinski definition) is 1. The molecule has 7 nitrogen and oxygen atoms in total. The lowest BCUT2D eigenvalue weighted by Gasteiger charge is -2.10. The van der Waals surface area contributed by atoms with E-state index in [1.807, 2.05) is 41.8 Å². The van der Waals surface area contributed by atoms with Gasteiger partial charge in [-0.15, -0.1) is 11.3 Å². The zero-order chi connectivity index (χ0) is 21.5. The number of thiazole rings is 1. The first-order valence-electron chi connectivity index (χ1n) is 9.26. The topological polar surface area (TPSA) is 78.9 Å². The van der Waals surface area contributed by atoms with Gasteiger partial charge < -0.3 is 24.3 Å². The Balaban J connectivity index is 1.68. The summed E-state index contributed by atoms with van der Waals surface area (Å²) in [6.45, 7) is 0. The molecule has 1 amide bonds. The molecule has 158 valence electrons. The van der Waals surface area contributed by atoms with Gasteiger partial charge in [0.25, 0.3) is 0 Å². The number of rotatable bonds is 9. The van der Waals surface area contributed by atoms with Crippen molar-refractivity contribution in [2.75, 3.05) is 33.8 Å². The van der Waals surface area contributed by atoms with Crippen molar-refractivity contribution < 1.29 is 23.7 Å². The van der Waals surface area contributed by atoms with Crippen LogP contribution in [0.3, 0.4) is 0 Å². The Kier molecular flexibility index (Phi) is 7.13. The lowest BCUT2D eigenvalue weighted by Crippen LogP contribution is -2.12. The van der Waals surface area contributed by atoms with Gasteiger partial charge in [-0.3, -0.25) is 4.79 Å². The number of ether oxygens (including phenoxy) is 4. The van der Waals surface area contributed by atoms with Gasteiger partial charge in [-0.05, 0) is 48.4 Å². The molecule has 2 aromatic carbocycles. The van der Waals surface area contributed by atoms with Crippen LogP contribution in [0.1, 0.15) is 12.0 Å². The molecular weight excluding hydrogens is 404 g/mol. The van der Waals surface area contributed by atoms with E-state index in [0.717, 1.165) is 22.6 Å². The molecule has 0 unspecified atom stereocenters. The summed E-state index contributed by atoms with van der Waals surface area (Å²) in [5.74, 6) is 2.72. The third-order valence-corrected chi connectivity index (χ3v) is 5.30. The molecule has 0 atom stereocenters. The summed E-state index contributed by atoms with van der Waals surface area (Å²) in [5.41, 5.74) is 2.42. The molecule has 0 saturated carbocycles. The summed E-state index contributed by atoms with van der Waals surface area (Å²) >= 11 is 1.36. The monoisotopic (exact) mass is 428 g/mol. The van der Waals surface area contributed by atoms with Crippen LogP contribution in [0.2, 0.25) is 0 Å². The summed E-state index contributed by atoms with van der Waals surface area (Å²) in [6, 6.07) is 11.0. The molecule has 0 fully saturated rings. The van der Waals surface area contributed by atoms with Crippen LogP contribution in [0.5, 0.6) is 23.0 Å². The van der Waals surface area contributed by atoms with Gasteiger partial charge in [0.05, 0.1) is 34.1 Å². The van der Waals surface area contributed by atoms with Gasteiger partial charge in [0, 0.05) is 17.4 Å². The van der Waals surface area contributed by atoms with Crippen molar-refractivity contribution >= 4 is 22.4 Å². The van der Waals surface area contributed by atoms with E-state index in [1.54, 1.807) is 28.4 Å². The molecule has 1 heterocycles. The molecule has 0 aliphatic rings. The van der Waals surface area contributed by atoms with E-state index >= 15 is 0 Å². The van der Waals surface area contributed by atoms with Crippen molar-refractivity contribution in [3.05, 3.63) is 47.3 Å². The van der Waals surface area contributed by atoms with Gasteiger partial charge in [-0.25, -0.2) is 4.98 Å². The summed E-state index contributed by atoms with van der Waals surface area (Å²) in [4.78, 5) is 17.0. The van der Waals surface area contributed by atoms with Gasteiger partial charge in [0.2, 0.25) is 5.91 Å². The van der Waals surface area contributed by atoms with E-state index in [1.165, 1.54) is 11.3 Å². The molecule has 3 rings (SSSR count). The van der Waals surface area contributed by atoms with Gasteiger partial charge in [-0.2, -0.15) is 0 Å². The van der Waals surface area contributed by atoms with E-state index in [4.69, 9.17) is 18.9 Å². The maximum Gasteiger partial charge on any atom is 0.226 e. The molecule has 30 heavy (non-hydrogen) atoms. The number of benzene rings is 2. The Morgan fingerprint density at radius 3 is 2.27 bits per heavy atom. The largest absolute Gasteiger partial charge is 0.497 e. The second-order valence-electron chi connectivity index (χ2n) is 6.33. The Morgan fingerprint density at radius 2 is 1.60 bits per heavy atom. The number of amides is 1. The average Bonchev–Trinajstić information content (AvgIpc) is 3.25. The van der Waals surface area contributed by atoms with Crippen molar-refractivity contribution in [2.45, 2.75) is 12.8 Å². The van der Waals surface area contributed by atoms with Gasteiger partial charge in [0.1, 0.15) is 23.0 Å². The van der Waals surface area contributed by atoms with E-state index in [0.29, 0.717) is 35.2 Å². The first-order chi connectivity index (χ1) is 14.6. The number of nitrogens with one attached hydrogen (secondary N) is 1. The van der Waals surface area contributed by atoms with Crippen LogP contribution >= 0.6 is 11.3 Å². The number of aryl methyl sites for hydroxylation is 1. The van der Waals surface area contributed by atoms with Crippen LogP contribution in [-0.2, 0) is 11.2 Å². The maximum absolute atomic E-state index is 12.4. The molecule has 0 radical (unpaired) electrons. The van der Waals surface area contributed by atoms with E-state index in [-0.39, 0.29) is 5.91 Å². The zero-order valence-electron chi connectivity index (χ0n) is 17.4. The van der Waals surface area contributed by atoms with Crippen molar-refractivity contribution in [3.63, 3.8) is 0 Å². The lowest BCUT2D eigenvalue weighted by molar-refractivity contribution is -0.116. The molecule has 0 spiro atoms. The smallest absolute Gasteiger partial charge is 0.226 e. The highest BCUT2D eigenvalue weighted by molar-refractivity contribution is 7.14. The fraction of sp³-hybridized carbons (Fsp3) is 0.273. The third kappa shape index (κ3) is 5.01. The molecular formula is C22H24N2O5S. The molecule has 0 aliphatic heterocycles. The van der Waals surface area contributed by atoms with Crippen LogP contribution in [0.15, 0.2) is 41.8 Å². The SMILES string of the molecule is COc1ccc(OC)c(CCC(=O)Nc2nc(-c3cc(OC)ccc3OC)cs2)c1. The standard InChI is InChI=1S/C22H24N2O5S/c1-26-15-6-8-19(28-3)14(11-15)5-10-21(25)24-22-23-18(13-30-22)17-12-16(27-2)7-9-20(17)29-4/h6-9,11-13H,5,10H2,1-4H3,(H,23,24,25). The van der Waals surface area contributed by atoms with Gasteiger partial charge in [-0.1, -0.05) is 0 Å². The number of carbonyl (C=O) groups is 1. The summed E-state index contributed by atoms with van der Waals surface area (Å²) < 4.78 is 21.3. The second kappa shape index (κ2) is 9.98. The quantitative estimate of drug-likeness (QED) is 0.544. The molecule has 0 aliphatic carbocycles. The fourth-order valence-corrected chi connectivity index (χ4v) is 3.70. The lowest BCUT2D eigenvalue weighted by atomic mass is 10.1. The number of aromatic nitrogens is 1. The number of carbonyl (C=O) groups excluding carboxylic acids is 1. The van der Waals surface area contributed by atoms with Crippen LogP contribution in [0.4, 0.5) is 5.13 Å². The van der Waals surface area contributed by atoms with Gasteiger partial charge in [0.15, 0.2) is 5.13 Å². The number of anilines is 1. The first kappa shape index (κ1) is 21.4. The Hall–Kier alpha value is -3.26. The first-order valence-corrected chi connectivity index (χ1v) is 10.1.